The van der Waals surface area contributed by atoms with E-state index in [0.717, 1.165) is 22.3 Å². The van der Waals surface area contributed by atoms with E-state index in [-0.39, 0.29) is 6.61 Å². The number of ether oxygens (including phenoxy) is 1. The Bertz CT molecular complexity index is 780. The zero-order valence-electron chi connectivity index (χ0n) is 12.9. The van der Waals surface area contributed by atoms with Gasteiger partial charge in [0.05, 0.1) is 23.9 Å². The molecular weight excluding hydrogens is 276 g/mol. The molecule has 3 rings (SSSR count). The van der Waals surface area contributed by atoms with Crippen LogP contribution in [0.1, 0.15) is 11.1 Å². The molecule has 0 bridgehead atoms. The van der Waals surface area contributed by atoms with Crippen molar-refractivity contribution >= 4 is 11.0 Å². The summed E-state index contributed by atoms with van der Waals surface area (Å²) >= 11 is 0. The van der Waals surface area contributed by atoms with Crippen molar-refractivity contribution in [2.24, 2.45) is 0 Å². The summed E-state index contributed by atoms with van der Waals surface area (Å²) in [6, 6.07) is 13.8. The van der Waals surface area contributed by atoms with Gasteiger partial charge in [0, 0.05) is 0 Å². The molecule has 4 nitrogen and oxygen atoms in total. The topological polar surface area (TPSA) is 47.3 Å². The molecule has 114 valence electrons. The summed E-state index contributed by atoms with van der Waals surface area (Å²) in [5.41, 5.74) is 4.26. The summed E-state index contributed by atoms with van der Waals surface area (Å²) in [5, 5.41) is 10.2. The number of rotatable bonds is 5. The first-order chi connectivity index (χ1) is 10.6. The Kier molecular flexibility index (Phi) is 4.11. The van der Waals surface area contributed by atoms with Crippen LogP contribution in [0.2, 0.25) is 0 Å². The lowest BCUT2D eigenvalue weighted by molar-refractivity contribution is 0.0930. The van der Waals surface area contributed by atoms with Gasteiger partial charge in [-0.2, -0.15) is 0 Å². The number of aromatic nitrogens is 2. The average Bonchev–Trinajstić information content (AvgIpc) is 2.92. The van der Waals surface area contributed by atoms with Gasteiger partial charge in [0.25, 0.3) is 0 Å². The highest BCUT2D eigenvalue weighted by Gasteiger charge is 2.10. The third kappa shape index (κ3) is 2.97. The molecule has 1 aromatic heterocycles. The van der Waals surface area contributed by atoms with Gasteiger partial charge in [-0.25, -0.2) is 4.98 Å². The number of fused-ring (bicyclic) bond motifs is 1. The predicted molar refractivity (Wildman–Crippen MR) is 87.2 cm³/mol. The molecule has 0 fully saturated rings. The fourth-order valence-electron chi connectivity index (χ4n) is 2.50. The molecule has 0 aliphatic carbocycles. The normalized spacial score (nSPS) is 12.5. The zero-order valence-corrected chi connectivity index (χ0v) is 12.9. The minimum absolute atomic E-state index is 0.261. The summed E-state index contributed by atoms with van der Waals surface area (Å²) in [6.45, 7) is 4.80. The standard InChI is InChI=1S/C18H20N2O2/c1-13-6-5-9-18(14(13)2)22-11-15(21)10-20-12-19-16-7-3-4-8-17(16)20/h3-9,12,15,21H,10-11H2,1-2H3/t15-/m1/s1. The van der Waals surface area contributed by atoms with Gasteiger partial charge in [0.15, 0.2) is 0 Å². The van der Waals surface area contributed by atoms with Crippen LogP contribution in [-0.4, -0.2) is 27.4 Å². The van der Waals surface area contributed by atoms with Crippen molar-refractivity contribution in [1.29, 1.82) is 0 Å². The average molecular weight is 296 g/mol. The van der Waals surface area contributed by atoms with Crippen molar-refractivity contribution in [3.05, 3.63) is 59.9 Å². The second-order valence-electron chi connectivity index (χ2n) is 5.55. The second-order valence-corrected chi connectivity index (χ2v) is 5.55. The number of aliphatic hydroxyl groups excluding tert-OH is 1. The molecule has 2 aromatic carbocycles. The number of hydrogen-bond acceptors (Lipinski definition) is 3. The Hall–Kier alpha value is -2.33. The van der Waals surface area contributed by atoms with E-state index >= 15 is 0 Å². The van der Waals surface area contributed by atoms with Gasteiger partial charge in [0.1, 0.15) is 18.5 Å². The minimum Gasteiger partial charge on any atom is -0.491 e. The molecule has 0 saturated carbocycles. The first-order valence-corrected chi connectivity index (χ1v) is 7.42. The molecule has 0 saturated heterocycles. The highest BCUT2D eigenvalue weighted by atomic mass is 16.5. The Balaban J connectivity index is 1.65. The van der Waals surface area contributed by atoms with Crippen LogP contribution in [0.15, 0.2) is 48.8 Å². The highest BCUT2D eigenvalue weighted by molar-refractivity contribution is 5.74. The maximum absolute atomic E-state index is 10.2. The third-order valence-electron chi connectivity index (χ3n) is 3.92. The fraction of sp³-hybridized carbons (Fsp3) is 0.278. The number of hydrogen-bond donors (Lipinski definition) is 1. The van der Waals surface area contributed by atoms with Crippen LogP contribution >= 0.6 is 0 Å². The Labute approximate surface area is 130 Å². The van der Waals surface area contributed by atoms with E-state index in [0.29, 0.717) is 6.54 Å². The van der Waals surface area contributed by atoms with Gasteiger partial charge in [0.2, 0.25) is 0 Å². The van der Waals surface area contributed by atoms with Gasteiger partial charge >= 0.3 is 0 Å². The molecule has 0 aliphatic heterocycles. The van der Waals surface area contributed by atoms with Gasteiger partial charge in [-0.05, 0) is 43.2 Å². The Morgan fingerprint density at radius 2 is 1.95 bits per heavy atom. The van der Waals surface area contributed by atoms with Crippen molar-refractivity contribution in [3.8, 4) is 5.75 Å². The molecule has 1 atom stereocenters. The van der Waals surface area contributed by atoms with E-state index in [1.54, 1.807) is 6.33 Å². The summed E-state index contributed by atoms with van der Waals surface area (Å²) in [7, 11) is 0. The number of para-hydroxylation sites is 2. The molecule has 3 aromatic rings. The molecule has 4 heteroatoms. The maximum Gasteiger partial charge on any atom is 0.122 e. The number of imidazole rings is 1. The first-order valence-electron chi connectivity index (χ1n) is 7.42. The van der Waals surface area contributed by atoms with E-state index in [1.165, 1.54) is 5.56 Å². The van der Waals surface area contributed by atoms with Crippen LogP contribution in [0.5, 0.6) is 5.75 Å². The first kappa shape index (κ1) is 14.6. The number of aryl methyl sites for hydroxylation is 1. The van der Waals surface area contributed by atoms with Crippen molar-refractivity contribution in [2.75, 3.05) is 6.61 Å². The highest BCUT2D eigenvalue weighted by Crippen LogP contribution is 2.21. The van der Waals surface area contributed by atoms with Crippen molar-refractivity contribution in [3.63, 3.8) is 0 Å². The molecule has 0 amide bonds. The smallest absolute Gasteiger partial charge is 0.122 e. The molecule has 0 spiro atoms. The predicted octanol–water partition coefficient (Wildman–Crippen LogP) is 3.09. The van der Waals surface area contributed by atoms with E-state index in [9.17, 15) is 5.11 Å². The molecule has 0 aliphatic rings. The van der Waals surface area contributed by atoms with E-state index in [2.05, 4.69) is 18.0 Å². The number of nitrogens with zero attached hydrogens (tertiary/aromatic N) is 2. The van der Waals surface area contributed by atoms with Crippen LogP contribution in [0, 0.1) is 13.8 Å². The molecule has 0 radical (unpaired) electrons. The van der Waals surface area contributed by atoms with E-state index < -0.39 is 6.10 Å². The van der Waals surface area contributed by atoms with Crippen molar-refractivity contribution in [2.45, 2.75) is 26.5 Å². The lowest BCUT2D eigenvalue weighted by Gasteiger charge is -2.15. The van der Waals surface area contributed by atoms with Crippen LogP contribution < -0.4 is 4.74 Å². The van der Waals surface area contributed by atoms with E-state index in [1.807, 2.05) is 47.9 Å². The zero-order chi connectivity index (χ0) is 15.5. The fourth-order valence-corrected chi connectivity index (χ4v) is 2.50. The SMILES string of the molecule is Cc1cccc(OC[C@H](O)Cn2cnc3ccccc32)c1C. The van der Waals surface area contributed by atoms with Crippen LogP contribution in [-0.2, 0) is 6.54 Å². The number of benzene rings is 2. The van der Waals surface area contributed by atoms with Gasteiger partial charge < -0.3 is 14.4 Å². The van der Waals surface area contributed by atoms with Gasteiger partial charge in [-0.3, -0.25) is 0 Å². The molecule has 1 N–H and O–H groups in total. The van der Waals surface area contributed by atoms with Crippen LogP contribution in [0.25, 0.3) is 11.0 Å². The van der Waals surface area contributed by atoms with Gasteiger partial charge in [-0.15, -0.1) is 0 Å². The summed E-state index contributed by atoms with van der Waals surface area (Å²) in [4.78, 5) is 4.33. The molecular formula is C18H20N2O2. The lowest BCUT2D eigenvalue weighted by atomic mass is 10.1. The van der Waals surface area contributed by atoms with Crippen molar-refractivity contribution < 1.29 is 9.84 Å². The molecule has 0 unspecified atom stereocenters. The summed E-state index contributed by atoms with van der Waals surface area (Å²) in [5.74, 6) is 0.828. The Morgan fingerprint density at radius 3 is 2.82 bits per heavy atom. The third-order valence-corrected chi connectivity index (χ3v) is 3.92. The summed E-state index contributed by atoms with van der Waals surface area (Å²) < 4.78 is 7.71. The Morgan fingerprint density at radius 1 is 1.14 bits per heavy atom. The van der Waals surface area contributed by atoms with Crippen LogP contribution in [0.3, 0.4) is 0 Å². The van der Waals surface area contributed by atoms with Crippen LogP contribution in [0.4, 0.5) is 0 Å². The quantitative estimate of drug-likeness (QED) is 0.787. The van der Waals surface area contributed by atoms with Crippen molar-refractivity contribution in [1.82, 2.24) is 9.55 Å². The second kappa shape index (κ2) is 6.20. The lowest BCUT2D eigenvalue weighted by Crippen LogP contribution is -2.23. The number of aliphatic hydroxyl groups is 1. The largest absolute Gasteiger partial charge is 0.491 e. The minimum atomic E-state index is -0.586. The van der Waals surface area contributed by atoms with Gasteiger partial charge in [-0.1, -0.05) is 24.3 Å². The van der Waals surface area contributed by atoms with E-state index in [4.69, 9.17) is 4.74 Å². The molecule has 22 heavy (non-hydrogen) atoms. The maximum atomic E-state index is 10.2. The monoisotopic (exact) mass is 296 g/mol. The molecule has 1 heterocycles. The summed E-state index contributed by atoms with van der Waals surface area (Å²) in [6.07, 6.45) is 1.17.